The zero-order valence-corrected chi connectivity index (χ0v) is 17.1. The second-order valence-corrected chi connectivity index (χ2v) is 6.96. The number of amides is 2. The number of esters is 1. The van der Waals surface area contributed by atoms with E-state index < -0.39 is 24.4 Å². The molecule has 2 amide bonds. The number of hydrogen-bond donors (Lipinski definition) is 2. The SMILES string of the molecule is CC(NC(=O)COC(=O)c1ccccc1NC(=O)c1ccco1)c1ccc2c(c1)OCO2. The molecule has 32 heavy (non-hydrogen) atoms. The average molecular weight is 436 g/mol. The highest BCUT2D eigenvalue weighted by Crippen LogP contribution is 2.34. The topological polar surface area (TPSA) is 116 Å². The van der Waals surface area contributed by atoms with E-state index in [0.717, 1.165) is 5.56 Å². The molecule has 3 aromatic rings. The quantitative estimate of drug-likeness (QED) is 0.546. The first-order valence-electron chi connectivity index (χ1n) is 9.81. The van der Waals surface area contributed by atoms with E-state index in [1.54, 1.807) is 43.3 Å². The van der Waals surface area contributed by atoms with Crippen LogP contribution in [0.4, 0.5) is 5.69 Å². The number of para-hydroxylation sites is 1. The van der Waals surface area contributed by atoms with Gasteiger partial charge in [-0.1, -0.05) is 18.2 Å². The van der Waals surface area contributed by atoms with Gasteiger partial charge in [0.25, 0.3) is 11.8 Å². The number of carbonyl (C=O) groups is 3. The predicted molar refractivity (Wildman–Crippen MR) is 113 cm³/mol. The van der Waals surface area contributed by atoms with Crippen molar-refractivity contribution in [3.63, 3.8) is 0 Å². The Labute approximate surface area is 183 Å². The molecular weight excluding hydrogens is 416 g/mol. The fraction of sp³-hybridized carbons (Fsp3) is 0.174. The van der Waals surface area contributed by atoms with E-state index in [4.69, 9.17) is 18.6 Å². The van der Waals surface area contributed by atoms with Gasteiger partial charge in [0, 0.05) is 0 Å². The normalized spacial score (nSPS) is 12.7. The van der Waals surface area contributed by atoms with Gasteiger partial charge >= 0.3 is 5.97 Å². The number of hydrogen-bond acceptors (Lipinski definition) is 7. The molecule has 1 unspecified atom stereocenters. The van der Waals surface area contributed by atoms with Gasteiger partial charge in [0.1, 0.15) is 0 Å². The fourth-order valence-corrected chi connectivity index (χ4v) is 3.12. The maximum Gasteiger partial charge on any atom is 0.340 e. The summed E-state index contributed by atoms with van der Waals surface area (Å²) >= 11 is 0. The summed E-state index contributed by atoms with van der Waals surface area (Å²) in [5.74, 6) is -0.357. The number of rotatable bonds is 7. The first-order valence-corrected chi connectivity index (χ1v) is 9.81. The minimum absolute atomic E-state index is 0.102. The van der Waals surface area contributed by atoms with E-state index in [9.17, 15) is 14.4 Å². The van der Waals surface area contributed by atoms with Gasteiger partial charge in [-0.2, -0.15) is 0 Å². The molecule has 4 rings (SSSR count). The lowest BCUT2D eigenvalue weighted by molar-refractivity contribution is -0.124. The lowest BCUT2D eigenvalue weighted by Gasteiger charge is -2.15. The number of ether oxygens (including phenoxy) is 3. The van der Waals surface area contributed by atoms with E-state index >= 15 is 0 Å². The second-order valence-electron chi connectivity index (χ2n) is 6.96. The molecule has 9 nitrogen and oxygen atoms in total. The van der Waals surface area contributed by atoms with Crippen molar-refractivity contribution in [2.75, 3.05) is 18.7 Å². The molecule has 0 saturated heterocycles. The van der Waals surface area contributed by atoms with Gasteiger partial charge in [0.2, 0.25) is 6.79 Å². The predicted octanol–water partition coefficient (Wildman–Crippen LogP) is 3.29. The Balaban J connectivity index is 1.33. The van der Waals surface area contributed by atoms with Crippen molar-refractivity contribution in [2.24, 2.45) is 0 Å². The van der Waals surface area contributed by atoms with Crippen molar-refractivity contribution >= 4 is 23.5 Å². The minimum Gasteiger partial charge on any atom is -0.459 e. The molecule has 1 aliphatic rings. The largest absolute Gasteiger partial charge is 0.459 e. The summed E-state index contributed by atoms with van der Waals surface area (Å²) in [5.41, 5.74) is 1.18. The van der Waals surface area contributed by atoms with Gasteiger partial charge in [0.05, 0.1) is 23.6 Å². The van der Waals surface area contributed by atoms with Crippen LogP contribution in [-0.4, -0.2) is 31.2 Å². The Kier molecular flexibility index (Phi) is 6.07. The van der Waals surface area contributed by atoms with Gasteiger partial charge in [-0.3, -0.25) is 9.59 Å². The van der Waals surface area contributed by atoms with Crippen LogP contribution in [0.25, 0.3) is 0 Å². The highest BCUT2D eigenvalue weighted by Gasteiger charge is 2.19. The van der Waals surface area contributed by atoms with E-state index in [-0.39, 0.29) is 29.8 Å². The van der Waals surface area contributed by atoms with Crippen molar-refractivity contribution in [3.8, 4) is 11.5 Å². The number of carbonyl (C=O) groups excluding carboxylic acids is 3. The summed E-state index contributed by atoms with van der Waals surface area (Å²) in [6, 6.07) is 14.5. The molecule has 0 bridgehead atoms. The molecule has 1 atom stereocenters. The number of fused-ring (bicyclic) bond motifs is 1. The van der Waals surface area contributed by atoms with Crippen LogP contribution in [0.15, 0.2) is 65.3 Å². The van der Waals surface area contributed by atoms with Crippen LogP contribution in [0, 0.1) is 0 Å². The molecular formula is C23H20N2O7. The molecule has 0 aliphatic carbocycles. The molecule has 1 aliphatic heterocycles. The van der Waals surface area contributed by atoms with Crippen molar-refractivity contribution < 1.29 is 33.0 Å². The van der Waals surface area contributed by atoms with Crippen LogP contribution in [0.2, 0.25) is 0 Å². The fourth-order valence-electron chi connectivity index (χ4n) is 3.12. The van der Waals surface area contributed by atoms with Gasteiger partial charge in [-0.15, -0.1) is 0 Å². The summed E-state index contributed by atoms with van der Waals surface area (Å²) in [6.07, 6.45) is 1.37. The third kappa shape index (κ3) is 4.72. The summed E-state index contributed by atoms with van der Waals surface area (Å²) in [6.45, 7) is 1.49. The molecule has 0 saturated carbocycles. The maximum absolute atomic E-state index is 12.5. The van der Waals surface area contributed by atoms with Crippen LogP contribution in [0.3, 0.4) is 0 Å². The second kappa shape index (κ2) is 9.25. The highest BCUT2D eigenvalue weighted by molar-refractivity contribution is 6.06. The lowest BCUT2D eigenvalue weighted by Crippen LogP contribution is -2.31. The minimum atomic E-state index is -0.744. The smallest absolute Gasteiger partial charge is 0.340 e. The Morgan fingerprint density at radius 1 is 1.03 bits per heavy atom. The number of benzene rings is 2. The maximum atomic E-state index is 12.5. The molecule has 0 fully saturated rings. The summed E-state index contributed by atoms with van der Waals surface area (Å²) < 4.78 is 20.8. The van der Waals surface area contributed by atoms with Crippen LogP contribution in [0.1, 0.15) is 39.4 Å². The Morgan fingerprint density at radius 2 is 1.84 bits per heavy atom. The summed E-state index contributed by atoms with van der Waals surface area (Å²) in [5, 5.41) is 5.36. The Morgan fingerprint density at radius 3 is 2.66 bits per heavy atom. The highest BCUT2D eigenvalue weighted by atomic mass is 16.7. The van der Waals surface area contributed by atoms with Crippen LogP contribution < -0.4 is 20.1 Å². The van der Waals surface area contributed by atoms with Gasteiger partial charge < -0.3 is 29.3 Å². The molecule has 0 spiro atoms. The number of nitrogens with one attached hydrogen (secondary N) is 2. The van der Waals surface area contributed by atoms with Gasteiger partial charge in [-0.05, 0) is 48.9 Å². The molecule has 2 heterocycles. The van der Waals surface area contributed by atoms with Crippen molar-refractivity contribution in [3.05, 3.63) is 77.7 Å². The van der Waals surface area contributed by atoms with Gasteiger partial charge in [-0.25, -0.2) is 4.79 Å². The van der Waals surface area contributed by atoms with Crippen LogP contribution >= 0.6 is 0 Å². The standard InChI is InChI=1S/C23H20N2O7/c1-14(15-8-9-18-20(11-15)32-13-31-18)24-21(26)12-30-23(28)16-5-2-3-6-17(16)25-22(27)19-7-4-10-29-19/h2-11,14H,12-13H2,1H3,(H,24,26)(H,25,27). The van der Waals surface area contributed by atoms with Crippen molar-refractivity contribution in [1.29, 1.82) is 0 Å². The molecule has 2 N–H and O–H groups in total. The third-order valence-corrected chi connectivity index (χ3v) is 4.75. The zero-order chi connectivity index (χ0) is 22.5. The third-order valence-electron chi connectivity index (χ3n) is 4.75. The summed E-state index contributed by atoms with van der Waals surface area (Å²) in [4.78, 5) is 37.0. The van der Waals surface area contributed by atoms with E-state index in [1.807, 2.05) is 6.07 Å². The molecule has 0 radical (unpaired) electrons. The van der Waals surface area contributed by atoms with Crippen molar-refractivity contribution in [1.82, 2.24) is 5.32 Å². The van der Waals surface area contributed by atoms with E-state index in [0.29, 0.717) is 11.5 Å². The van der Waals surface area contributed by atoms with Crippen LogP contribution in [0.5, 0.6) is 11.5 Å². The number of furan rings is 1. The molecule has 164 valence electrons. The van der Waals surface area contributed by atoms with Gasteiger partial charge in [0.15, 0.2) is 23.9 Å². The van der Waals surface area contributed by atoms with E-state index in [2.05, 4.69) is 10.6 Å². The molecule has 9 heteroatoms. The number of anilines is 1. The average Bonchev–Trinajstić information content (AvgIpc) is 3.49. The zero-order valence-electron chi connectivity index (χ0n) is 17.1. The summed E-state index contributed by atoms with van der Waals surface area (Å²) in [7, 11) is 0. The van der Waals surface area contributed by atoms with E-state index in [1.165, 1.54) is 18.4 Å². The van der Waals surface area contributed by atoms with Crippen LogP contribution in [-0.2, 0) is 9.53 Å². The first-order chi connectivity index (χ1) is 15.5. The Hall–Kier alpha value is -4.27. The van der Waals surface area contributed by atoms with Crippen molar-refractivity contribution in [2.45, 2.75) is 13.0 Å². The molecule has 2 aromatic carbocycles. The molecule has 1 aromatic heterocycles. The Bertz CT molecular complexity index is 1140. The monoisotopic (exact) mass is 436 g/mol. The first kappa shape index (κ1) is 21.0. The lowest BCUT2D eigenvalue weighted by atomic mass is 10.1.